The molecule has 0 fully saturated rings. The van der Waals surface area contributed by atoms with E-state index >= 15 is 0 Å². The SMILES string of the molecule is COc1ccc(C(=O)c2cccc(SC)c2)c(OC)c1. The fraction of sp³-hybridized carbons (Fsp3) is 0.188. The van der Waals surface area contributed by atoms with Gasteiger partial charge in [-0.1, -0.05) is 12.1 Å². The number of rotatable bonds is 5. The van der Waals surface area contributed by atoms with E-state index in [9.17, 15) is 4.79 Å². The molecule has 0 aliphatic carbocycles. The predicted octanol–water partition coefficient (Wildman–Crippen LogP) is 3.66. The number of benzene rings is 2. The molecule has 0 atom stereocenters. The quantitative estimate of drug-likeness (QED) is 0.621. The van der Waals surface area contributed by atoms with Gasteiger partial charge in [-0.25, -0.2) is 0 Å². The van der Waals surface area contributed by atoms with Crippen LogP contribution in [0.2, 0.25) is 0 Å². The Kier molecular flexibility index (Phi) is 4.69. The lowest BCUT2D eigenvalue weighted by Gasteiger charge is -2.10. The van der Waals surface area contributed by atoms with Gasteiger partial charge in [0.05, 0.1) is 19.8 Å². The first-order valence-corrected chi connectivity index (χ1v) is 7.33. The van der Waals surface area contributed by atoms with Crippen LogP contribution in [0.3, 0.4) is 0 Å². The molecular weight excluding hydrogens is 272 g/mol. The minimum atomic E-state index is -0.0552. The van der Waals surface area contributed by atoms with E-state index < -0.39 is 0 Å². The van der Waals surface area contributed by atoms with E-state index in [0.29, 0.717) is 22.6 Å². The zero-order valence-corrected chi connectivity index (χ0v) is 12.5. The second kappa shape index (κ2) is 6.48. The van der Waals surface area contributed by atoms with Crippen LogP contribution in [0.4, 0.5) is 0 Å². The second-order valence-corrected chi connectivity index (χ2v) is 5.01. The first kappa shape index (κ1) is 14.5. The number of hydrogen-bond acceptors (Lipinski definition) is 4. The van der Waals surface area contributed by atoms with Gasteiger partial charge < -0.3 is 9.47 Å². The molecule has 4 heteroatoms. The fourth-order valence-corrected chi connectivity index (χ4v) is 2.37. The van der Waals surface area contributed by atoms with Crippen LogP contribution in [0.5, 0.6) is 11.5 Å². The number of carbonyl (C=O) groups is 1. The van der Waals surface area contributed by atoms with Gasteiger partial charge in [0.15, 0.2) is 5.78 Å². The molecule has 0 saturated carbocycles. The lowest BCUT2D eigenvalue weighted by molar-refractivity contribution is 0.103. The van der Waals surface area contributed by atoms with Crippen molar-refractivity contribution in [2.75, 3.05) is 20.5 Å². The van der Waals surface area contributed by atoms with Crippen LogP contribution in [0.1, 0.15) is 15.9 Å². The highest BCUT2D eigenvalue weighted by molar-refractivity contribution is 7.98. The van der Waals surface area contributed by atoms with Gasteiger partial charge in [-0.2, -0.15) is 0 Å². The van der Waals surface area contributed by atoms with Crippen molar-refractivity contribution in [2.24, 2.45) is 0 Å². The lowest BCUT2D eigenvalue weighted by Crippen LogP contribution is -2.04. The molecule has 0 unspecified atom stereocenters. The Morgan fingerprint density at radius 3 is 2.50 bits per heavy atom. The van der Waals surface area contributed by atoms with E-state index in [1.807, 2.05) is 30.5 Å². The summed E-state index contributed by atoms with van der Waals surface area (Å²) in [5.41, 5.74) is 1.19. The summed E-state index contributed by atoms with van der Waals surface area (Å²) >= 11 is 1.61. The molecule has 0 spiro atoms. The minimum Gasteiger partial charge on any atom is -0.497 e. The summed E-state index contributed by atoms with van der Waals surface area (Å²) in [6, 6.07) is 12.8. The maximum Gasteiger partial charge on any atom is 0.196 e. The van der Waals surface area contributed by atoms with Gasteiger partial charge >= 0.3 is 0 Å². The Balaban J connectivity index is 2.42. The van der Waals surface area contributed by atoms with Crippen LogP contribution >= 0.6 is 11.8 Å². The molecule has 0 amide bonds. The Bertz CT molecular complexity index is 623. The molecule has 0 saturated heterocycles. The molecule has 2 rings (SSSR count). The maximum absolute atomic E-state index is 12.6. The molecule has 0 aromatic heterocycles. The smallest absolute Gasteiger partial charge is 0.196 e. The van der Waals surface area contributed by atoms with E-state index in [0.717, 1.165) is 4.90 Å². The molecular formula is C16H16O3S. The molecule has 0 bridgehead atoms. The van der Waals surface area contributed by atoms with Crippen molar-refractivity contribution in [1.29, 1.82) is 0 Å². The Morgan fingerprint density at radius 1 is 1.05 bits per heavy atom. The van der Waals surface area contributed by atoms with Crippen LogP contribution in [-0.2, 0) is 0 Å². The zero-order chi connectivity index (χ0) is 14.5. The van der Waals surface area contributed by atoms with Crippen molar-refractivity contribution >= 4 is 17.5 Å². The van der Waals surface area contributed by atoms with Gasteiger partial charge in [0.1, 0.15) is 11.5 Å². The number of ether oxygens (including phenoxy) is 2. The van der Waals surface area contributed by atoms with Crippen molar-refractivity contribution in [2.45, 2.75) is 4.90 Å². The van der Waals surface area contributed by atoms with Crippen molar-refractivity contribution in [1.82, 2.24) is 0 Å². The van der Waals surface area contributed by atoms with Gasteiger partial charge in [-0.15, -0.1) is 11.8 Å². The summed E-state index contributed by atoms with van der Waals surface area (Å²) in [5, 5.41) is 0. The third kappa shape index (κ3) is 2.96. The largest absolute Gasteiger partial charge is 0.497 e. The molecule has 2 aromatic rings. The summed E-state index contributed by atoms with van der Waals surface area (Å²) in [5.74, 6) is 1.13. The molecule has 0 aliphatic rings. The van der Waals surface area contributed by atoms with E-state index in [-0.39, 0.29) is 5.78 Å². The molecule has 2 aromatic carbocycles. The zero-order valence-electron chi connectivity index (χ0n) is 11.7. The topological polar surface area (TPSA) is 35.5 Å². The molecule has 104 valence electrons. The average Bonchev–Trinajstić information content (AvgIpc) is 2.53. The van der Waals surface area contributed by atoms with Crippen LogP contribution < -0.4 is 9.47 Å². The summed E-state index contributed by atoms with van der Waals surface area (Å²) in [6.45, 7) is 0. The lowest BCUT2D eigenvalue weighted by atomic mass is 10.0. The standard InChI is InChI=1S/C16H16O3S/c1-18-12-7-8-14(15(10-12)19-2)16(17)11-5-4-6-13(9-11)20-3/h4-10H,1-3H3. The highest BCUT2D eigenvalue weighted by atomic mass is 32.2. The first-order chi connectivity index (χ1) is 9.69. The van der Waals surface area contributed by atoms with Gasteiger partial charge in [0.25, 0.3) is 0 Å². The van der Waals surface area contributed by atoms with E-state index in [1.165, 1.54) is 0 Å². The first-order valence-electron chi connectivity index (χ1n) is 6.10. The van der Waals surface area contributed by atoms with Gasteiger partial charge in [-0.05, 0) is 30.5 Å². The van der Waals surface area contributed by atoms with Crippen LogP contribution in [0.25, 0.3) is 0 Å². The summed E-state index contributed by atoms with van der Waals surface area (Å²) < 4.78 is 10.4. The number of ketones is 1. The summed E-state index contributed by atoms with van der Waals surface area (Å²) in [6.07, 6.45) is 1.98. The van der Waals surface area contributed by atoms with Crippen molar-refractivity contribution in [3.63, 3.8) is 0 Å². The molecule has 0 N–H and O–H groups in total. The predicted molar refractivity (Wildman–Crippen MR) is 81.2 cm³/mol. The highest BCUT2D eigenvalue weighted by Crippen LogP contribution is 2.27. The van der Waals surface area contributed by atoms with Gasteiger partial charge in [0, 0.05) is 16.5 Å². The molecule has 0 radical (unpaired) electrons. The number of carbonyl (C=O) groups excluding carboxylic acids is 1. The Labute approximate surface area is 122 Å². The summed E-state index contributed by atoms with van der Waals surface area (Å²) in [7, 11) is 3.13. The number of thioether (sulfide) groups is 1. The third-order valence-corrected chi connectivity index (χ3v) is 3.71. The monoisotopic (exact) mass is 288 g/mol. The molecule has 0 aliphatic heterocycles. The van der Waals surface area contributed by atoms with E-state index in [4.69, 9.17) is 9.47 Å². The van der Waals surface area contributed by atoms with Crippen molar-refractivity contribution in [3.05, 3.63) is 53.6 Å². The fourth-order valence-electron chi connectivity index (χ4n) is 1.91. The maximum atomic E-state index is 12.6. The Morgan fingerprint density at radius 2 is 1.85 bits per heavy atom. The number of methoxy groups -OCH3 is 2. The highest BCUT2D eigenvalue weighted by Gasteiger charge is 2.15. The van der Waals surface area contributed by atoms with Gasteiger partial charge in [-0.3, -0.25) is 4.79 Å². The molecule has 3 nitrogen and oxygen atoms in total. The van der Waals surface area contributed by atoms with Gasteiger partial charge in [0.2, 0.25) is 0 Å². The van der Waals surface area contributed by atoms with Crippen molar-refractivity contribution < 1.29 is 14.3 Å². The van der Waals surface area contributed by atoms with E-state index in [1.54, 1.807) is 44.2 Å². The molecule has 20 heavy (non-hydrogen) atoms. The molecule has 0 heterocycles. The minimum absolute atomic E-state index is 0.0552. The normalized spacial score (nSPS) is 10.2. The van der Waals surface area contributed by atoms with Crippen molar-refractivity contribution in [3.8, 4) is 11.5 Å². The summed E-state index contributed by atoms with van der Waals surface area (Å²) in [4.78, 5) is 13.6. The Hall–Kier alpha value is -1.94. The average molecular weight is 288 g/mol. The van der Waals surface area contributed by atoms with Crippen LogP contribution in [-0.4, -0.2) is 26.3 Å². The third-order valence-electron chi connectivity index (χ3n) is 2.99. The second-order valence-electron chi connectivity index (χ2n) is 4.13. The number of hydrogen-bond donors (Lipinski definition) is 0. The van der Waals surface area contributed by atoms with E-state index in [2.05, 4.69) is 0 Å². The van der Waals surface area contributed by atoms with Crippen LogP contribution in [0.15, 0.2) is 47.4 Å². The van der Waals surface area contributed by atoms with Crippen LogP contribution in [0, 0.1) is 0 Å².